The Morgan fingerprint density at radius 2 is 2.29 bits per heavy atom. The van der Waals surface area contributed by atoms with E-state index < -0.39 is 5.60 Å². The average molecular weight is 236 g/mol. The van der Waals surface area contributed by atoms with Crippen LogP contribution in [0, 0.1) is 0 Å². The molecule has 17 heavy (non-hydrogen) atoms. The fourth-order valence-corrected chi connectivity index (χ4v) is 3.06. The highest BCUT2D eigenvalue weighted by molar-refractivity contribution is 5.07. The molecule has 1 N–H and O–H groups in total. The number of aromatic nitrogens is 3. The first-order chi connectivity index (χ1) is 8.06. The fraction of sp³-hybridized carbons (Fsp3) is 0.833. The Bertz CT molecular complexity index is 414. The van der Waals surface area contributed by atoms with Crippen molar-refractivity contribution in [3.05, 3.63) is 11.9 Å². The minimum atomic E-state index is -0.613. The normalized spacial score (nSPS) is 34.4. The van der Waals surface area contributed by atoms with E-state index in [2.05, 4.69) is 22.1 Å². The van der Waals surface area contributed by atoms with Crippen molar-refractivity contribution in [1.29, 1.82) is 0 Å². The van der Waals surface area contributed by atoms with Crippen LogP contribution in [-0.4, -0.2) is 49.2 Å². The van der Waals surface area contributed by atoms with Gasteiger partial charge in [-0.15, -0.1) is 5.10 Å². The van der Waals surface area contributed by atoms with E-state index in [9.17, 15) is 5.11 Å². The fourth-order valence-electron chi connectivity index (χ4n) is 3.06. The van der Waals surface area contributed by atoms with Crippen molar-refractivity contribution in [3.8, 4) is 0 Å². The van der Waals surface area contributed by atoms with E-state index in [1.807, 2.05) is 13.2 Å². The van der Waals surface area contributed by atoms with E-state index in [0.717, 1.165) is 24.7 Å². The minimum Gasteiger partial charge on any atom is -0.388 e. The topological polar surface area (TPSA) is 54.2 Å². The summed E-state index contributed by atoms with van der Waals surface area (Å²) in [5.74, 6) is 0. The summed E-state index contributed by atoms with van der Waals surface area (Å²) in [7, 11) is 1.86. The first kappa shape index (κ1) is 11.2. The van der Waals surface area contributed by atoms with Gasteiger partial charge in [0.1, 0.15) is 0 Å². The molecule has 1 aliphatic carbocycles. The quantitative estimate of drug-likeness (QED) is 0.822. The van der Waals surface area contributed by atoms with Crippen molar-refractivity contribution in [2.75, 3.05) is 6.54 Å². The highest BCUT2D eigenvalue weighted by atomic mass is 16.3. The van der Waals surface area contributed by atoms with E-state index in [4.69, 9.17) is 0 Å². The maximum Gasteiger partial charge on any atom is 0.0856 e. The van der Waals surface area contributed by atoms with Gasteiger partial charge in [0.2, 0.25) is 0 Å². The third-order valence-electron chi connectivity index (χ3n) is 3.89. The lowest BCUT2D eigenvalue weighted by molar-refractivity contribution is 0.0477. The Morgan fingerprint density at radius 3 is 2.88 bits per heavy atom. The number of aryl methyl sites for hydroxylation is 1. The molecule has 0 radical (unpaired) electrons. The van der Waals surface area contributed by atoms with E-state index in [0.29, 0.717) is 12.5 Å². The van der Waals surface area contributed by atoms with Gasteiger partial charge in [-0.2, -0.15) is 0 Å². The lowest BCUT2D eigenvalue weighted by Gasteiger charge is -2.22. The molecule has 0 bridgehead atoms. The molecule has 3 rings (SSSR count). The van der Waals surface area contributed by atoms with Crippen molar-refractivity contribution >= 4 is 0 Å². The maximum atomic E-state index is 10.7. The molecule has 0 aromatic carbocycles. The second kappa shape index (κ2) is 3.78. The van der Waals surface area contributed by atoms with Crippen LogP contribution in [0.15, 0.2) is 6.20 Å². The molecule has 0 amide bonds. The number of nitrogens with zero attached hydrogens (tertiary/aromatic N) is 4. The molecule has 5 heteroatoms. The lowest BCUT2D eigenvalue weighted by atomic mass is 9.95. The molecular weight excluding hydrogens is 216 g/mol. The summed E-state index contributed by atoms with van der Waals surface area (Å²) in [6.07, 6.45) is 5.95. The summed E-state index contributed by atoms with van der Waals surface area (Å²) in [6, 6.07) is 1.21. The first-order valence-electron chi connectivity index (χ1n) is 6.39. The molecule has 2 aliphatic rings. The van der Waals surface area contributed by atoms with Crippen LogP contribution in [0.1, 0.15) is 31.9 Å². The Labute approximate surface area is 101 Å². The standard InChI is InChI=1S/C12H20N4O/c1-9-5-12(17,8-16(9)11-3-4-11)6-10-7-15(2)14-13-10/h7,9,11,17H,3-6,8H2,1-2H3. The predicted octanol–water partition coefficient (Wildman–Crippen LogP) is 0.345. The van der Waals surface area contributed by atoms with Crippen molar-refractivity contribution in [3.63, 3.8) is 0 Å². The Hall–Kier alpha value is -0.940. The number of hydrogen-bond acceptors (Lipinski definition) is 4. The van der Waals surface area contributed by atoms with Crippen LogP contribution in [0.25, 0.3) is 0 Å². The third kappa shape index (κ3) is 2.21. The molecule has 94 valence electrons. The zero-order valence-corrected chi connectivity index (χ0v) is 10.5. The maximum absolute atomic E-state index is 10.7. The molecular formula is C12H20N4O. The number of aliphatic hydroxyl groups is 1. The van der Waals surface area contributed by atoms with Gasteiger partial charge in [-0.05, 0) is 26.2 Å². The summed E-state index contributed by atoms with van der Waals surface area (Å²) < 4.78 is 1.69. The van der Waals surface area contributed by atoms with Crippen molar-refractivity contribution in [1.82, 2.24) is 19.9 Å². The van der Waals surface area contributed by atoms with Crippen LogP contribution in [0.3, 0.4) is 0 Å². The molecule has 1 aliphatic heterocycles. The summed E-state index contributed by atoms with van der Waals surface area (Å²) in [6.45, 7) is 3.00. The van der Waals surface area contributed by atoms with Crippen molar-refractivity contribution < 1.29 is 5.11 Å². The number of β-amino-alcohol motifs (C(OH)–C–C–N with tert-alkyl or cyclic N) is 1. The van der Waals surface area contributed by atoms with Crippen LogP contribution < -0.4 is 0 Å². The highest BCUT2D eigenvalue weighted by Gasteiger charge is 2.46. The smallest absolute Gasteiger partial charge is 0.0856 e. The van der Waals surface area contributed by atoms with Crippen LogP contribution in [0.5, 0.6) is 0 Å². The van der Waals surface area contributed by atoms with Crippen LogP contribution in [0.2, 0.25) is 0 Å². The average Bonchev–Trinajstić information content (AvgIpc) is 2.94. The SMILES string of the molecule is CC1CC(O)(Cc2cn(C)nn2)CN1C1CC1. The summed E-state index contributed by atoms with van der Waals surface area (Å²) in [5.41, 5.74) is 0.276. The van der Waals surface area contributed by atoms with Gasteiger partial charge < -0.3 is 5.11 Å². The van der Waals surface area contributed by atoms with E-state index in [1.165, 1.54) is 12.8 Å². The summed E-state index contributed by atoms with van der Waals surface area (Å²) >= 11 is 0. The number of rotatable bonds is 3. The summed E-state index contributed by atoms with van der Waals surface area (Å²) in [5, 5.41) is 18.6. The molecule has 2 unspecified atom stereocenters. The van der Waals surface area contributed by atoms with Gasteiger partial charge in [-0.3, -0.25) is 9.58 Å². The molecule has 0 spiro atoms. The third-order valence-corrected chi connectivity index (χ3v) is 3.89. The first-order valence-corrected chi connectivity index (χ1v) is 6.39. The second-order valence-electron chi connectivity index (χ2n) is 5.74. The zero-order chi connectivity index (χ0) is 12.0. The summed E-state index contributed by atoms with van der Waals surface area (Å²) in [4.78, 5) is 2.45. The van der Waals surface area contributed by atoms with Gasteiger partial charge in [-0.1, -0.05) is 5.21 Å². The molecule has 5 nitrogen and oxygen atoms in total. The Kier molecular flexibility index (Phi) is 2.48. The van der Waals surface area contributed by atoms with Gasteiger partial charge in [0.15, 0.2) is 0 Å². The van der Waals surface area contributed by atoms with Crippen LogP contribution in [-0.2, 0) is 13.5 Å². The van der Waals surface area contributed by atoms with E-state index in [-0.39, 0.29) is 0 Å². The van der Waals surface area contributed by atoms with Gasteiger partial charge in [0.05, 0.1) is 11.3 Å². The molecule has 2 fully saturated rings. The Morgan fingerprint density at radius 1 is 1.53 bits per heavy atom. The van der Waals surface area contributed by atoms with E-state index >= 15 is 0 Å². The Balaban J connectivity index is 1.69. The minimum absolute atomic E-state index is 0.490. The number of hydrogen-bond donors (Lipinski definition) is 1. The lowest BCUT2D eigenvalue weighted by Crippen LogP contribution is -2.36. The molecule has 1 saturated heterocycles. The molecule has 2 atom stereocenters. The predicted molar refractivity (Wildman–Crippen MR) is 63.5 cm³/mol. The molecule has 1 aromatic rings. The van der Waals surface area contributed by atoms with Crippen molar-refractivity contribution in [2.24, 2.45) is 7.05 Å². The van der Waals surface area contributed by atoms with Gasteiger partial charge >= 0.3 is 0 Å². The van der Waals surface area contributed by atoms with Gasteiger partial charge in [-0.25, -0.2) is 0 Å². The number of likely N-dealkylation sites (tertiary alicyclic amines) is 1. The monoisotopic (exact) mass is 236 g/mol. The molecule has 1 saturated carbocycles. The van der Waals surface area contributed by atoms with Gasteiger partial charge in [0, 0.05) is 38.3 Å². The molecule has 2 heterocycles. The van der Waals surface area contributed by atoms with E-state index in [1.54, 1.807) is 4.68 Å². The second-order valence-corrected chi connectivity index (χ2v) is 5.74. The highest BCUT2D eigenvalue weighted by Crippen LogP contribution is 2.38. The largest absolute Gasteiger partial charge is 0.388 e. The zero-order valence-electron chi connectivity index (χ0n) is 10.5. The molecule has 1 aromatic heterocycles. The van der Waals surface area contributed by atoms with Gasteiger partial charge in [0.25, 0.3) is 0 Å². The van der Waals surface area contributed by atoms with Crippen molar-refractivity contribution in [2.45, 2.75) is 50.3 Å². The van der Waals surface area contributed by atoms with Crippen LogP contribution in [0.4, 0.5) is 0 Å². The van der Waals surface area contributed by atoms with Crippen LogP contribution >= 0.6 is 0 Å².